The molecule has 0 N–H and O–H groups in total. The highest BCUT2D eigenvalue weighted by atomic mass is 79.9. The number of hydrogen-bond acceptors (Lipinski definition) is 0. The zero-order valence-corrected chi connectivity index (χ0v) is 24.4. The molecule has 0 atom stereocenters. The van der Waals surface area contributed by atoms with Crippen molar-refractivity contribution in [2.24, 2.45) is 0 Å². The van der Waals surface area contributed by atoms with Crippen LogP contribution in [0.15, 0.2) is 156 Å². The summed E-state index contributed by atoms with van der Waals surface area (Å²) in [5.74, 6) is 0. The third kappa shape index (κ3) is 3.12. The van der Waals surface area contributed by atoms with Gasteiger partial charge in [-0.05, 0) is 95.7 Å². The average molecular weight is 598 g/mol. The molecule has 2 aliphatic rings. The number of benzene rings is 7. The lowest BCUT2D eigenvalue weighted by molar-refractivity contribution is 0.796. The summed E-state index contributed by atoms with van der Waals surface area (Å²) in [6.45, 7) is 0. The topological polar surface area (TPSA) is 0 Å². The number of fused-ring (bicyclic) bond motifs is 12. The Kier molecular flexibility index (Phi) is 5.06. The second-order valence-electron chi connectivity index (χ2n) is 11.4. The van der Waals surface area contributed by atoms with Gasteiger partial charge in [0.1, 0.15) is 0 Å². The third-order valence-corrected chi connectivity index (χ3v) is 9.82. The fourth-order valence-electron chi connectivity index (χ4n) is 7.71. The van der Waals surface area contributed by atoms with Crippen LogP contribution in [0.3, 0.4) is 0 Å². The monoisotopic (exact) mass is 596 g/mol. The van der Waals surface area contributed by atoms with E-state index in [1.807, 2.05) is 0 Å². The van der Waals surface area contributed by atoms with E-state index in [1.54, 1.807) is 0 Å². The minimum atomic E-state index is -0.387. The van der Waals surface area contributed by atoms with Crippen LogP contribution in [0.1, 0.15) is 22.3 Å². The maximum absolute atomic E-state index is 3.64. The number of halogens is 1. The van der Waals surface area contributed by atoms with E-state index in [1.165, 1.54) is 77.5 Å². The predicted molar refractivity (Wildman–Crippen MR) is 179 cm³/mol. The van der Waals surface area contributed by atoms with Gasteiger partial charge in [-0.1, -0.05) is 149 Å². The van der Waals surface area contributed by atoms with Gasteiger partial charge >= 0.3 is 0 Å². The van der Waals surface area contributed by atoms with Crippen LogP contribution >= 0.6 is 15.9 Å². The van der Waals surface area contributed by atoms with Crippen LogP contribution in [0.4, 0.5) is 0 Å². The van der Waals surface area contributed by atoms with Crippen molar-refractivity contribution in [1.82, 2.24) is 0 Å². The quantitative estimate of drug-likeness (QED) is 0.186. The first kappa shape index (κ1) is 23.9. The lowest BCUT2D eigenvalue weighted by atomic mass is 9.68. The Bertz CT molecular complexity index is 2160. The minimum absolute atomic E-state index is 0.387. The second-order valence-corrected chi connectivity index (χ2v) is 12.3. The van der Waals surface area contributed by atoms with Crippen LogP contribution in [0, 0.1) is 0 Å². The fraction of sp³-hybridized carbons (Fsp3) is 0.0244. The summed E-state index contributed by atoms with van der Waals surface area (Å²) >= 11 is 3.64. The SMILES string of the molecule is Brc1cccc(-c2ccc(-c3cc4ccccc4c4c3C3(c5ccccc5-c5ccccc53)c3ccccc3-4)cc2)c1. The first-order valence-electron chi connectivity index (χ1n) is 14.5. The van der Waals surface area contributed by atoms with Gasteiger partial charge < -0.3 is 0 Å². The van der Waals surface area contributed by atoms with Gasteiger partial charge in [-0.3, -0.25) is 0 Å². The van der Waals surface area contributed by atoms with E-state index in [-0.39, 0.29) is 5.41 Å². The summed E-state index contributed by atoms with van der Waals surface area (Å²) in [4.78, 5) is 0. The van der Waals surface area contributed by atoms with Crippen molar-refractivity contribution >= 4 is 26.7 Å². The van der Waals surface area contributed by atoms with Gasteiger partial charge in [0.25, 0.3) is 0 Å². The highest BCUT2D eigenvalue weighted by Crippen LogP contribution is 2.65. The van der Waals surface area contributed by atoms with E-state index in [0.29, 0.717) is 0 Å². The van der Waals surface area contributed by atoms with Crippen LogP contribution in [0.5, 0.6) is 0 Å². The first-order chi connectivity index (χ1) is 20.7. The Labute approximate surface area is 254 Å². The van der Waals surface area contributed by atoms with Crippen molar-refractivity contribution in [2.45, 2.75) is 5.41 Å². The van der Waals surface area contributed by atoms with Crippen molar-refractivity contribution in [2.75, 3.05) is 0 Å². The molecule has 9 rings (SSSR count). The molecule has 1 heteroatoms. The van der Waals surface area contributed by atoms with Gasteiger partial charge in [-0.2, -0.15) is 0 Å². The van der Waals surface area contributed by atoms with E-state index < -0.39 is 0 Å². The summed E-state index contributed by atoms with van der Waals surface area (Å²) in [5.41, 5.74) is 15.5. The van der Waals surface area contributed by atoms with Crippen molar-refractivity contribution in [3.05, 3.63) is 178 Å². The molecule has 0 nitrogen and oxygen atoms in total. The Morgan fingerprint density at radius 2 is 0.976 bits per heavy atom. The average Bonchev–Trinajstić information content (AvgIpc) is 3.53. The molecule has 7 aromatic carbocycles. The van der Waals surface area contributed by atoms with Crippen molar-refractivity contribution in [3.63, 3.8) is 0 Å². The van der Waals surface area contributed by atoms with E-state index in [0.717, 1.165) is 4.47 Å². The Balaban J connectivity index is 1.41. The smallest absolute Gasteiger partial charge is 0.0619 e. The molecule has 0 fully saturated rings. The Morgan fingerprint density at radius 1 is 0.405 bits per heavy atom. The van der Waals surface area contributed by atoms with Crippen LogP contribution in [-0.4, -0.2) is 0 Å². The molecule has 7 aromatic rings. The summed E-state index contributed by atoms with van der Waals surface area (Å²) in [7, 11) is 0. The molecule has 2 aliphatic carbocycles. The third-order valence-electron chi connectivity index (χ3n) is 9.33. The first-order valence-corrected chi connectivity index (χ1v) is 15.3. The van der Waals surface area contributed by atoms with Crippen molar-refractivity contribution < 1.29 is 0 Å². The zero-order chi connectivity index (χ0) is 27.8. The number of rotatable bonds is 2. The zero-order valence-electron chi connectivity index (χ0n) is 22.8. The molecule has 0 radical (unpaired) electrons. The van der Waals surface area contributed by atoms with Gasteiger partial charge in [0.05, 0.1) is 5.41 Å². The highest BCUT2D eigenvalue weighted by Gasteiger charge is 2.53. The highest BCUT2D eigenvalue weighted by molar-refractivity contribution is 9.10. The largest absolute Gasteiger partial charge is 0.0731 e. The van der Waals surface area contributed by atoms with Crippen LogP contribution in [0.25, 0.3) is 55.3 Å². The second kappa shape index (κ2) is 8.89. The molecule has 0 unspecified atom stereocenters. The van der Waals surface area contributed by atoms with Crippen LogP contribution in [0.2, 0.25) is 0 Å². The molecule has 0 saturated carbocycles. The van der Waals surface area contributed by atoms with Crippen molar-refractivity contribution in [3.8, 4) is 44.5 Å². The van der Waals surface area contributed by atoms with E-state index in [2.05, 4.69) is 168 Å². The van der Waals surface area contributed by atoms with Crippen LogP contribution < -0.4 is 0 Å². The van der Waals surface area contributed by atoms with Gasteiger partial charge in [0.2, 0.25) is 0 Å². The number of hydrogen-bond donors (Lipinski definition) is 0. The molecule has 0 aromatic heterocycles. The molecule has 196 valence electrons. The van der Waals surface area contributed by atoms with Crippen LogP contribution in [-0.2, 0) is 5.41 Å². The Hall–Kier alpha value is -4.72. The summed E-state index contributed by atoms with van der Waals surface area (Å²) in [6.07, 6.45) is 0. The molecular weight excluding hydrogens is 572 g/mol. The standard InChI is InChI=1S/C41H25Br/c42-30-12-9-11-28(24-30)26-20-22-27(23-21-26)35-25-29-10-1-2-13-31(29)39-34-16-5-8-19-38(34)41(40(35)39)36-17-6-3-14-32(36)33-15-4-7-18-37(33)41/h1-25H. The Morgan fingerprint density at radius 3 is 1.67 bits per heavy atom. The van der Waals surface area contributed by atoms with Gasteiger partial charge in [-0.25, -0.2) is 0 Å². The van der Waals surface area contributed by atoms with Gasteiger partial charge in [0.15, 0.2) is 0 Å². The van der Waals surface area contributed by atoms with E-state index in [4.69, 9.17) is 0 Å². The van der Waals surface area contributed by atoms with Gasteiger partial charge in [0, 0.05) is 4.47 Å². The fourth-order valence-corrected chi connectivity index (χ4v) is 8.11. The summed E-state index contributed by atoms with van der Waals surface area (Å²) < 4.78 is 1.09. The minimum Gasteiger partial charge on any atom is -0.0619 e. The lowest BCUT2D eigenvalue weighted by Gasteiger charge is -2.32. The molecular formula is C41H25Br. The molecule has 0 saturated heterocycles. The molecule has 0 heterocycles. The van der Waals surface area contributed by atoms with E-state index in [9.17, 15) is 0 Å². The normalized spacial score (nSPS) is 13.5. The molecule has 1 spiro atoms. The maximum atomic E-state index is 3.64. The molecule has 42 heavy (non-hydrogen) atoms. The predicted octanol–water partition coefficient (Wildman–Crippen LogP) is 11.3. The summed E-state index contributed by atoms with van der Waals surface area (Å²) in [6, 6.07) is 56.2. The lowest BCUT2D eigenvalue weighted by Crippen LogP contribution is -2.26. The van der Waals surface area contributed by atoms with E-state index >= 15 is 0 Å². The molecule has 0 aliphatic heterocycles. The van der Waals surface area contributed by atoms with Gasteiger partial charge in [-0.15, -0.1) is 0 Å². The molecule has 0 bridgehead atoms. The maximum Gasteiger partial charge on any atom is 0.0731 e. The van der Waals surface area contributed by atoms with Crippen molar-refractivity contribution in [1.29, 1.82) is 0 Å². The summed E-state index contributed by atoms with van der Waals surface area (Å²) in [5, 5.41) is 2.59. The molecule has 0 amide bonds.